The molecule has 12 heteroatoms. The predicted molar refractivity (Wildman–Crippen MR) is 107 cm³/mol. The van der Waals surface area contributed by atoms with Crippen molar-refractivity contribution in [2.24, 2.45) is 11.8 Å². The predicted octanol–water partition coefficient (Wildman–Crippen LogP) is 6.61. The van der Waals surface area contributed by atoms with Crippen LogP contribution in [0.25, 0.3) is 0 Å². The second kappa shape index (κ2) is 9.15. The average molecular weight is 522 g/mol. The van der Waals surface area contributed by atoms with Crippen LogP contribution in [0.2, 0.25) is 0 Å². The summed E-state index contributed by atoms with van der Waals surface area (Å²) in [5.74, 6) is -15.8. The van der Waals surface area contributed by atoms with Crippen molar-refractivity contribution in [1.29, 1.82) is 0 Å². The fourth-order valence-electron chi connectivity index (χ4n) is 5.98. The zero-order chi connectivity index (χ0) is 26.5. The van der Waals surface area contributed by atoms with Crippen molar-refractivity contribution in [3.05, 3.63) is 12.2 Å². The van der Waals surface area contributed by atoms with Crippen LogP contribution in [0.1, 0.15) is 77.6 Å². The van der Waals surface area contributed by atoms with Crippen LogP contribution in [-0.2, 0) is 14.3 Å². The Morgan fingerprint density at radius 1 is 0.886 bits per heavy atom. The molecule has 1 aliphatic heterocycles. The molecule has 3 rings (SSSR count). The zero-order valence-corrected chi connectivity index (χ0v) is 19.3. The van der Waals surface area contributed by atoms with Crippen LogP contribution < -0.4 is 0 Å². The van der Waals surface area contributed by atoms with Crippen LogP contribution in [-0.4, -0.2) is 46.3 Å². The molecule has 2 aliphatic carbocycles. The van der Waals surface area contributed by atoms with Gasteiger partial charge in [0.05, 0.1) is 0 Å². The van der Waals surface area contributed by atoms with E-state index in [9.17, 15) is 36.2 Å². The maximum Gasteiger partial charge on any atom is 0.449 e. The maximum atomic E-state index is 16.0. The number of hydrogen-bond donors (Lipinski definition) is 1. The fourth-order valence-corrected chi connectivity index (χ4v) is 5.98. The Morgan fingerprint density at radius 3 is 1.74 bits per heavy atom. The smallest absolute Gasteiger partial charge is 0.449 e. The van der Waals surface area contributed by atoms with Crippen LogP contribution in [0.3, 0.4) is 0 Å². The lowest BCUT2D eigenvalue weighted by Gasteiger charge is -2.61. The molecule has 1 heterocycles. The highest BCUT2D eigenvalue weighted by Gasteiger charge is 2.88. The molecule has 1 saturated heterocycles. The second-order valence-electron chi connectivity index (χ2n) is 10.1. The lowest BCUT2D eigenvalue weighted by Crippen LogP contribution is -2.82. The third kappa shape index (κ3) is 4.36. The first-order valence-electron chi connectivity index (χ1n) is 11.8. The van der Waals surface area contributed by atoms with Gasteiger partial charge in [-0.05, 0) is 38.5 Å². The number of aliphatic hydroxyl groups is 1. The molecule has 2 saturated carbocycles. The molecular weight excluding hydrogens is 492 g/mol. The van der Waals surface area contributed by atoms with Gasteiger partial charge in [0, 0.05) is 17.9 Å². The van der Waals surface area contributed by atoms with Gasteiger partial charge in [-0.25, -0.2) is 4.79 Å². The fraction of sp³-hybridized carbons (Fsp3) is 0.870. The van der Waals surface area contributed by atoms with E-state index < -0.39 is 65.1 Å². The van der Waals surface area contributed by atoms with Crippen molar-refractivity contribution in [2.75, 3.05) is 0 Å². The van der Waals surface area contributed by atoms with Crippen molar-refractivity contribution < 1.29 is 54.5 Å². The summed E-state index contributed by atoms with van der Waals surface area (Å²) < 4.78 is 128. The van der Waals surface area contributed by atoms with E-state index in [2.05, 4.69) is 11.3 Å². The minimum absolute atomic E-state index is 0.203. The van der Waals surface area contributed by atoms with Gasteiger partial charge >= 0.3 is 30.0 Å². The Hall–Kier alpha value is -1.43. The molecule has 0 aromatic rings. The zero-order valence-electron chi connectivity index (χ0n) is 19.3. The quantitative estimate of drug-likeness (QED) is 0.256. The minimum Gasteiger partial charge on any atom is -0.449 e. The molecular formula is C23H30F8O4. The minimum atomic E-state index is -6.34. The van der Waals surface area contributed by atoms with Crippen molar-refractivity contribution in [3.8, 4) is 0 Å². The monoisotopic (exact) mass is 522 g/mol. The van der Waals surface area contributed by atoms with E-state index >= 15 is 8.78 Å². The Labute approximate surface area is 198 Å². The van der Waals surface area contributed by atoms with Gasteiger partial charge in [-0.2, -0.15) is 35.1 Å². The van der Waals surface area contributed by atoms with Crippen LogP contribution in [0.5, 0.6) is 0 Å². The van der Waals surface area contributed by atoms with Gasteiger partial charge in [-0.15, -0.1) is 0 Å². The number of carbonyl (C=O) groups is 1. The van der Waals surface area contributed by atoms with E-state index in [0.717, 1.165) is 6.92 Å². The van der Waals surface area contributed by atoms with Crippen molar-refractivity contribution >= 4 is 5.97 Å². The van der Waals surface area contributed by atoms with Gasteiger partial charge in [0.2, 0.25) is 0 Å². The van der Waals surface area contributed by atoms with Crippen LogP contribution in [0, 0.1) is 11.8 Å². The number of hydrogen-bond acceptors (Lipinski definition) is 4. The molecule has 35 heavy (non-hydrogen) atoms. The van der Waals surface area contributed by atoms with E-state index in [1.165, 1.54) is 0 Å². The summed E-state index contributed by atoms with van der Waals surface area (Å²) in [6.07, 6.45) is -12.6. The number of rotatable bonds is 4. The highest BCUT2D eigenvalue weighted by Crippen LogP contribution is 2.66. The normalized spacial score (nSPS) is 35.5. The number of halogens is 8. The third-order valence-corrected chi connectivity index (χ3v) is 7.83. The van der Waals surface area contributed by atoms with Crippen molar-refractivity contribution in [2.45, 2.75) is 113 Å². The maximum absolute atomic E-state index is 16.0. The van der Waals surface area contributed by atoms with Gasteiger partial charge < -0.3 is 14.6 Å². The summed E-state index contributed by atoms with van der Waals surface area (Å²) in [6, 6.07) is 0. The van der Waals surface area contributed by atoms with E-state index in [-0.39, 0.29) is 51.4 Å². The van der Waals surface area contributed by atoms with Gasteiger partial charge in [0.25, 0.3) is 0 Å². The summed E-state index contributed by atoms with van der Waals surface area (Å²) in [5.41, 5.74) is -7.92. The highest BCUT2D eigenvalue weighted by atomic mass is 19.4. The number of alkyl halides is 8. The van der Waals surface area contributed by atoms with E-state index in [0.29, 0.717) is 12.8 Å². The molecule has 0 spiro atoms. The lowest BCUT2D eigenvalue weighted by molar-refractivity contribution is -0.528. The first kappa shape index (κ1) is 28.1. The number of esters is 1. The summed E-state index contributed by atoms with van der Waals surface area (Å²) in [5, 5.41) is 10.5. The van der Waals surface area contributed by atoms with Crippen molar-refractivity contribution in [1.82, 2.24) is 0 Å². The van der Waals surface area contributed by atoms with Crippen molar-refractivity contribution in [3.63, 3.8) is 0 Å². The number of ether oxygens (including phenoxy) is 2. The Bertz CT molecular complexity index is 813. The molecule has 3 aliphatic rings. The molecule has 1 N–H and O–H groups in total. The third-order valence-electron chi connectivity index (χ3n) is 7.83. The molecule has 0 radical (unpaired) electrons. The van der Waals surface area contributed by atoms with E-state index in [4.69, 9.17) is 4.74 Å². The molecule has 0 amide bonds. The van der Waals surface area contributed by atoms with Crippen LogP contribution >= 0.6 is 0 Å². The average Bonchev–Trinajstić information content (AvgIpc) is 2.76. The molecule has 3 unspecified atom stereocenters. The van der Waals surface area contributed by atoms with Gasteiger partial charge in [0.1, 0.15) is 0 Å². The second-order valence-corrected chi connectivity index (χ2v) is 10.1. The largest absolute Gasteiger partial charge is 0.449 e. The first-order valence-corrected chi connectivity index (χ1v) is 11.8. The Balaban J connectivity index is 2.35. The molecule has 0 aromatic heterocycles. The highest BCUT2D eigenvalue weighted by molar-refractivity contribution is 5.87. The number of carbonyl (C=O) groups excluding carboxylic acids is 1. The van der Waals surface area contributed by atoms with Crippen LogP contribution in [0.4, 0.5) is 35.1 Å². The molecule has 4 nitrogen and oxygen atoms in total. The summed E-state index contributed by atoms with van der Waals surface area (Å²) in [4.78, 5) is 12.5. The topological polar surface area (TPSA) is 55.8 Å². The van der Waals surface area contributed by atoms with E-state index in [1.54, 1.807) is 0 Å². The van der Waals surface area contributed by atoms with Gasteiger partial charge in [-0.3, -0.25) is 0 Å². The van der Waals surface area contributed by atoms with Crippen LogP contribution in [0.15, 0.2) is 12.2 Å². The molecule has 0 aromatic carbocycles. The lowest BCUT2D eigenvalue weighted by atomic mass is 9.60. The standard InChI is InChI=1S/C23H30F8O4/c1-14(2)17(32)34-18(15-9-5-3-6-10-15)13-19(22(26,27)28,16-11-7-4-8-12-16)35-21(33,20(18,24)25)23(29,30)31/h15-16,33H,1,3-13H2,2H3. The Kier molecular flexibility index (Phi) is 7.36. The van der Waals surface area contributed by atoms with Gasteiger partial charge in [0.15, 0.2) is 11.2 Å². The summed E-state index contributed by atoms with van der Waals surface area (Å²) in [6.45, 7) is 4.29. The molecule has 3 fully saturated rings. The first-order chi connectivity index (χ1) is 16.0. The molecule has 202 valence electrons. The summed E-state index contributed by atoms with van der Waals surface area (Å²) >= 11 is 0. The molecule has 0 bridgehead atoms. The van der Waals surface area contributed by atoms with E-state index in [1.807, 2.05) is 0 Å². The van der Waals surface area contributed by atoms with Gasteiger partial charge in [-0.1, -0.05) is 45.1 Å². The molecule has 3 atom stereocenters. The SMILES string of the molecule is C=C(C)C(=O)OC1(C2CCCCC2)CC(C2CCCCC2)(C(F)(F)F)OC(O)(C(F)(F)F)C1(F)F. The summed E-state index contributed by atoms with van der Waals surface area (Å²) in [7, 11) is 0. The Morgan fingerprint density at radius 2 is 1.34 bits per heavy atom.